The fraction of sp³-hybridized carbons (Fsp3) is 0.750. The van der Waals surface area contributed by atoms with Crippen LogP contribution in [-0.2, 0) is 9.59 Å². The fourth-order valence-corrected chi connectivity index (χ4v) is 1.86. The van der Waals surface area contributed by atoms with E-state index in [1.54, 1.807) is 13.8 Å². The van der Waals surface area contributed by atoms with Crippen molar-refractivity contribution in [3.05, 3.63) is 0 Å². The highest BCUT2D eigenvalue weighted by Crippen LogP contribution is 2.32. The number of hydrogen-bond donors (Lipinski definition) is 2. The van der Waals surface area contributed by atoms with E-state index in [0.29, 0.717) is 6.42 Å². The van der Waals surface area contributed by atoms with Gasteiger partial charge in [0, 0.05) is 0 Å². The maximum Gasteiger partial charge on any atom is 0.319 e. The summed E-state index contributed by atoms with van der Waals surface area (Å²) in [5.41, 5.74) is 0. The van der Waals surface area contributed by atoms with Crippen molar-refractivity contribution in [1.29, 1.82) is 0 Å². The van der Waals surface area contributed by atoms with Gasteiger partial charge in [-0.2, -0.15) is 0 Å². The third kappa shape index (κ3) is 3.87. The fourth-order valence-electron chi connectivity index (χ4n) is 0.843. The van der Waals surface area contributed by atoms with Crippen molar-refractivity contribution >= 4 is 57.1 Å². The lowest BCUT2D eigenvalue weighted by atomic mass is 9.91. The molecule has 82 valence electrons. The van der Waals surface area contributed by atoms with Gasteiger partial charge in [0.2, 0.25) is 0 Å². The summed E-state index contributed by atoms with van der Waals surface area (Å²) in [6.45, 7) is 3.36. The zero-order valence-corrected chi connectivity index (χ0v) is 12.1. The van der Waals surface area contributed by atoms with Crippen molar-refractivity contribution in [2.24, 2.45) is 5.92 Å². The van der Waals surface area contributed by atoms with Crippen LogP contribution in [0.5, 0.6) is 0 Å². The SMILES string of the molecule is CC(CC(I)C(=O)O)C(C)(I)C(=O)O. The largest absolute Gasteiger partial charge is 0.480 e. The first-order valence-corrected chi connectivity index (χ1v) is 6.31. The molecule has 3 unspecified atom stereocenters. The predicted molar refractivity (Wildman–Crippen MR) is 69.3 cm³/mol. The molecular formula is C8H12I2O4. The Morgan fingerprint density at radius 2 is 1.86 bits per heavy atom. The number of hydrogen-bond acceptors (Lipinski definition) is 2. The Balaban J connectivity index is 4.41. The molecule has 14 heavy (non-hydrogen) atoms. The number of alkyl halides is 2. The molecule has 0 aliphatic heterocycles. The van der Waals surface area contributed by atoms with Gasteiger partial charge in [0.25, 0.3) is 0 Å². The Morgan fingerprint density at radius 1 is 1.43 bits per heavy atom. The van der Waals surface area contributed by atoms with Crippen LogP contribution in [0.1, 0.15) is 20.3 Å². The molecule has 2 N–H and O–H groups in total. The molecule has 0 aromatic rings. The van der Waals surface area contributed by atoms with Crippen LogP contribution in [0.3, 0.4) is 0 Å². The second-order valence-corrected chi connectivity index (χ2v) is 7.07. The number of aliphatic carboxylic acids is 2. The summed E-state index contributed by atoms with van der Waals surface area (Å²) >= 11 is 3.67. The average molecular weight is 426 g/mol. The summed E-state index contributed by atoms with van der Waals surface area (Å²) in [4.78, 5) is 21.4. The first-order chi connectivity index (χ1) is 6.19. The number of rotatable bonds is 5. The number of carbonyl (C=O) groups is 2. The normalized spacial score (nSPS) is 19.4. The van der Waals surface area contributed by atoms with Crippen LogP contribution in [0.25, 0.3) is 0 Å². The molecule has 4 nitrogen and oxygen atoms in total. The number of halogens is 2. The van der Waals surface area contributed by atoms with Crippen molar-refractivity contribution in [2.75, 3.05) is 0 Å². The Kier molecular flexibility index (Phi) is 5.63. The molecule has 0 radical (unpaired) electrons. The molecule has 0 bridgehead atoms. The lowest BCUT2D eigenvalue weighted by molar-refractivity contribution is -0.141. The van der Waals surface area contributed by atoms with Gasteiger partial charge in [-0.25, -0.2) is 0 Å². The Labute approximate surface area is 110 Å². The molecule has 0 heterocycles. The van der Waals surface area contributed by atoms with E-state index in [1.165, 1.54) is 0 Å². The van der Waals surface area contributed by atoms with Gasteiger partial charge >= 0.3 is 11.9 Å². The molecular weight excluding hydrogens is 414 g/mol. The summed E-state index contributed by atoms with van der Waals surface area (Å²) in [7, 11) is 0. The highest BCUT2D eigenvalue weighted by Gasteiger charge is 2.37. The standard InChI is InChI=1S/C8H12I2O4/c1-4(3-5(9)6(11)12)8(2,10)7(13)14/h4-5H,3H2,1-2H3,(H,11,12)(H,13,14). The minimum absolute atomic E-state index is 0.182. The van der Waals surface area contributed by atoms with Crippen LogP contribution < -0.4 is 0 Å². The maximum absolute atomic E-state index is 10.9. The number of carboxylic acid groups (broad SMARTS) is 2. The molecule has 6 heteroatoms. The van der Waals surface area contributed by atoms with Crippen LogP contribution in [-0.4, -0.2) is 29.5 Å². The molecule has 0 aliphatic rings. The van der Waals surface area contributed by atoms with Crippen molar-refractivity contribution in [1.82, 2.24) is 0 Å². The molecule has 0 amide bonds. The molecule has 0 spiro atoms. The minimum atomic E-state index is -0.906. The third-order valence-electron chi connectivity index (χ3n) is 2.17. The maximum atomic E-state index is 10.9. The van der Waals surface area contributed by atoms with E-state index >= 15 is 0 Å². The summed E-state index contributed by atoms with van der Waals surface area (Å²) in [6, 6.07) is 0. The minimum Gasteiger partial charge on any atom is -0.480 e. The summed E-state index contributed by atoms with van der Waals surface area (Å²) < 4.78 is -1.44. The molecule has 0 saturated carbocycles. The lowest BCUT2D eigenvalue weighted by Crippen LogP contribution is -2.37. The third-order valence-corrected chi connectivity index (χ3v) is 4.74. The zero-order valence-electron chi connectivity index (χ0n) is 7.83. The van der Waals surface area contributed by atoms with E-state index in [9.17, 15) is 9.59 Å². The Hall–Kier alpha value is 0.400. The molecule has 3 atom stereocenters. The van der Waals surface area contributed by atoms with Gasteiger partial charge in [-0.15, -0.1) is 0 Å². The van der Waals surface area contributed by atoms with Gasteiger partial charge in [-0.3, -0.25) is 9.59 Å². The van der Waals surface area contributed by atoms with Gasteiger partial charge in [-0.1, -0.05) is 52.1 Å². The van der Waals surface area contributed by atoms with Crippen LogP contribution in [0, 0.1) is 5.92 Å². The van der Waals surface area contributed by atoms with Gasteiger partial charge in [0.05, 0.1) is 0 Å². The van der Waals surface area contributed by atoms with Gasteiger partial charge < -0.3 is 10.2 Å². The van der Waals surface area contributed by atoms with Crippen LogP contribution in [0.2, 0.25) is 0 Å². The molecule has 0 aliphatic carbocycles. The van der Waals surface area contributed by atoms with Crippen molar-refractivity contribution in [3.63, 3.8) is 0 Å². The molecule has 0 aromatic carbocycles. The van der Waals surface area contributed by atoms with Crippen molar-refractivity contribution in [2.45, 2.75) is 27.6 Å². The lowest BCUT2D eigenvalue weighted by Gasteiger charge is -2.26. The van der Waals surface area contributed by atoms with Gasteiger partial charge in [0.15, 0.2) is 0 Å². The van der Waals surface area contributed by atoms with E-state index in [1.807, 2.05) is 45.2 Å². The van der Waals surface area contributed by atoms with Crippen LogP contribution in [0.4, 0.5) is 0 Å². The Bertz CT molecular complexity index is 239. The highest BCUT2D eigenvalue weighted by molar-refractivity contribution is 14.1. The molecule has 0 aromatic heterocycles. The molecule has 0 fully saturated rings. The highest BCUT2D eigenvalue weighted by atomic mass is 127. The Morgan fingerprint density at radius 3 is 2.14 bits per heavy atom. The molecule has 0 saturated heterocycles. The van der Waals surface area contributed by atoms with Crippen molar-refractivity contribution in [3.8, 4) is 0 Å². The van der Waals surface area contributed by atoms with Crippen molar-refractivity contribution < 1.29 is 19.8 Å². The van der Waals surface area contributed by atoms with Gasteiger partial charge in [-0.05, 0) is 19.3 Å². The summed E-state index contributed by atoms with van der Waals surface area (Å²) in [5, 5.41) is 17.6. The predicted octanol–water partition coefficient (Wildman–Crippen LogP) is 2.18. The summed E-state index contributed by atoms with van der Waals surface area (Å²) in [5.74, 6) is -1.98. The van der Waals surface area contributed by atoms with Crippen LogP contribution >= 0.6 is 45.2 Å². The smallest absolute Gasteiger partial charge is 0.319 e. The van der Waals surface area contributed by atoms with E-state index < -0.39 is 19.3 Å². The first kappa shape index (κ1) is 14.4. The van der Waals surface area contributed by atoms with E-state index in [2.05, 4.69) is 0 Å². The quantitative estimate of drug-likeness (QED) is 0.523. The van der Waals surface area contributed by atoms with E-state index in [4.69, 9.17) is 10.2 Å². The second-order valence-electron chi connectivity index (χ2n) is 3.32. The van der Waals surface area contributed by atoms with Crippen LogP contribution in [0.15, 0.2) is 0 Å². The number of carboxylic acids is 2. The second kappa shape index (κ2) is 5.47. The van der Waals surface area contributed by atoms with E-state index in [0.717, 1.165) is 0 Å². The molecule has 0 rings (SSSR count). The zero-order chi connectivity index (χ0) is 11.5. The monoisotopic (exact) mass is 426 g/mol. The van der Waals surface area contributed by atoms with Gasteiger partial charge in [0.1, 0.15) is 7.35 Å². The average Bonchev–Trinajstić information content (AvgIpc) is 2.03. The van der Waals surface area contributed by atoms with E-state index in [-0.39, 0.29) is 5.92 Å². The first-order valence-electron chi connectivity index (χ1n) is 3.98. The topological polar surface area (TPSA) is 74.6 Å². The summed E-state index contributed by atoms with van der Waals surface area (Å²) in [6.07, 6.45) is 0.363.